The summed E-state index contributed by atoms with van der Waals surface area (Å²) in [5.74, 6) is -0.116. The molecule has 0 spiro atoms. The van der Waals surface area contributed by atoms with Crippen molar-refractivity contribution >= 4 is 0 Å². The van der Waals surface area contributed by atoms with Crippen LogP contribution >= 0.6 is 0 Å². The number of halogens is 2. The highest BCUT2D eigenvalue weighted by Gasteiger charge is 1.99. The van der Waals surface area contributed by atoms with Gasteiger partial charge in [-0.25, -0.2) is 4.39 Å². The van der Waals surface area contributed by atoms with E-state index >= 15 is 0 Å². The van der Waals surface area contributed by atoms with E-state index in [1.165, 1.54) is 17.2 Å². The first kappa shape index (κ1) is 15.7. The Morgan fingerprint density at radius 1 is 1.00 bits per heavy atom. The molecule has 1 nitrogen and oxygen atoms in total. The monoisotopic (exact) mass is 278 g/mol. The number of hydrogen-bond donors (Lipinski definition) is 1. The van der Waals surface area contributed by atoms with Gasteiger partial charge in [0, 0.05) is 6.54 Å². The van der Waals surface area contributed by atoms with Crippen LogP contribution in [0.5, 0.6) is 0 Å². The predicted molar refractivity (Wildman–Crippen MR) is 73.0 cm³/mol. The van der Waals surface area contributed by atoms with E-state index in [1.807, 2.05) is 12.1 Å². The normalized spacial score (nSPS) is 10.0. The lowest BCUT2D eigenvalue weighted by atomic mass is 10.1. The maximum Gasteiger partial charge on any atom is 0.126 e. The van der Waals surface area contributed by atoms with Crippen molar-refractivity contribution in [3.63, 3.8) is 0 Å². The van der Waals surface area contributed by atoms with Crippen LogP contribution < -0.4 is 17.7 Å². The van der Waals surface area contributed by atoms with E-state index in [2.05, 4.69) is 36.5 Å². The fourth-order valence-electron chi connectivity index (χ4n) is 1.86. The molecule has 0 atom stereocenters. The molecular weight excluding hydrogens is 261 g/mol. The summed E-state index contributed by atoms with van der Waals surface area (Å²) in [6, 6.07) is 15.4. The fraction of sp³-hybridized carbons (Fsp3) is 0.250. The second-order valence-corrected chi connectivity index (χ2v) is 4.50. The summed E-state index contributed by atoms with van der Waals surface area (Å²) < 4.78 is 13.4. The zero-order valence-electron chi connectivity index (χ0n) is 11.0. The van der Waals surface area contributed by atoms with Crippen LogP contribution in [0.4, 0.5) is 4.39 Å². The van der Waals surface area contributed by atoms with Crippen molar-refractivity contribution in [2.75, 3.05) is 6.54 Å². The molecule has 0 radical (unpaired) electrons. The van der Waals surface area contributed by atoms with Gasteiger partial charge in [-0.2, -0.15) is 0 Å². The Morgan fingerprint density at radius 2 is 1.68 bits per heavy atom. The number of rotatable bonds is 5. The Morgan fingerprint density at radius 3 is 2.37 bits per heavy atom. The van der Waals surface area contributed by atoms with E-state index in [0.29, 0.717) is 0 Å². The zero-order chi connectivity index (χ0) is 12.8. The molecule has 0 amide bonds. The smallest absolute Gasteiger partial charge is 0.126 e. The van der Waals surface area contributed by atoms with Crippen LogP contribution in [0.2, 0.25) is 0 Å². The van der Waals surface area contributed by atoms with Crippen molar-refractivity contribution in [3.05, 3.63) is 71.0 Å². The van der Waals surface area contributed by atoms with E-state index < -0.39 is 0 Å². The third-order valence-electron chi connectivity index (χ3n) is 2.98. The van der Waals surface area contributed by atoms with E-state index in [9.17, 15) is 4.39 Å². The Bertz CT molecular complexity index is 496. The minimum Gasteiger partial charge on any atom is -1.00 e. The summed E-state index contributed by atoms with van der Waals surface area (Å²) in [7, 11) is 0. The maximum absolute atomic E-state index is 13.4. The van der Waals surface area contributed by atoms with Gasteiger partial charge in [0.05, 0.1) is 0 Å². The molecule has 19 heavy (non-hydrogen) atoms. The Kier molecular flexibility index (Phi) is 6.54. The van der Waals surface area contributed by atoms with Crippen molar-refractivity contribution in [3.8, 4) is 0 Å². The van der Waals surface area contributed by atoms with Crippen LogP contribution in [0.1, 0.15) is 16.7 Å². The molecule has 0 unspecified atom stereocenters. The van der Waals surface area contributed by atoms with Crippen molar-refractivity contribution in [1.82, 2.24) is 5.32 Å². The van der Waals surface area contributed by atoms with E-state index in [1.54, 1.807) is 6.07 Å². The minimum atomic E-state index is -0.116. The summed E-state index contributed by atoms with van der Waals surface area (Å²) >= 11 is 0. The first-order valence-electron chi connectivity index (χ1n) is 6.25. The summed E-state index contributed by atoms with van der Waals surface area (Å²) in [4.78, 5) is 0. The number of benzene rings is 2. The van der Waals surface area contributed by atoms with E-state index in [-0.39, 0.29) is 18.2 Å². The maximum atomic E-state index is 13.4. The highest BCUT2D eigenvalue weighted by atomic mass is 35.5. The molecule has 1 N–H and O–H groups in total. The molecule has 102 valence electrons. The average Bonchev–Trinajstić information content (AvgIpc) is 2.39. The largest absolute Gasteiger partial charge is 1.00 e. The van der Waals surface area contributed by atoms with Crippen LogP contribution in [0.15, 0.2) is 48.5 Å². The van der Waals surface area contributed by atoms with Crippen molar-refractivity contribution < 1.29 is 16.8 Å². The summed E-state index contributed by atoms with van der Waals surface area (Å²) in [5, 5.41) is 3.33. The highest BCUT2D eigenvalue weighted by molar-refractivity contribution is 5.21. The molecule has 0 aliphatic rings. The Balaban J connectivity index is 0.00000180. The van der Waals surface area contributed by atoms with Gasteiger partial charge in [0.2, 0.25) is 0 Å². The predicted octanol–water partition coefficient (Wildman–Crippen LogP) is 0.470. The van der Waals surface area contributed by atoms with Gasteiger partial charge in [-0.3, -0.25) is 0 Å². The van der Waals surface area contributed by atoms with Crippen molar-refractivity contribution in [1.29, 1.82) is 0 Å². The zero-order valence-corrected chi connectivity index (χ0v) is 11.8. The van der Waals surface area contributed by atoms with Gasteiger partial charge in [0.15, 0.2) is 0 Å². The van der Waals surface area contributed by atoms with Crippen LogP contribution in [0, 0.1) is 12.7 Å². The van der Waals surface area contributed by atoms with Gasteiger partial charge in [-0.15, -0.1) is 0 Å². The number of aryl methyl sites for hydroxylation is 1. The molecular formula is C16H18ClFN-. The van der Waals surface area contributed by atoms with Gasteiger partial charge < -0.3 is 17.7 Å². The molecule has 0 heterocycles. The number of nitrogens with one attached hydrogen (secondary N) is 1. The molecule has 2 aromatic carbocycles. The minimum absolute atomic E-state index is 0. The fourth-order valence-corrected chi connectivity index (χ4v) is 1.86. The quantitative estimate of drug-likeness (QED) is 0.784. The lowest BCUT2D eigenvalue weighted by Crippen LogP contribution is -3.00. The second-order valence-electron chi connectivity index (χ2n) is 4.50. The molecule has 0 aliphatic heterocycles. The van der Waals surface area contributed by atoms with Crippen molar-refractivity contribution in [2.45, 2.75) is 19.9 Å². The third-order valence-corrected chi connectivity index (χ3v) is 2.98. The van der Waals surface area contributed by atoms with Crippen LogP contribution in [0.25, 0.3) is 0 Å². The summed E-state index contributed by atoms with van der Waals surface area (Å²) in [6.45, 7) is 3.69. The molecule has 2 aromatic rings. The summed E-state index contributed by atoms with van der Waals surface area (Å²) in [5.41, 5.74) is 3.30. The van der Waals surface area contributed by atoms with Crippen LogP contribution in [-0.4, -0.2) is 6.54 Å². The average molecular weight is 279 g/mol. The molecule has 0 saturated carbocycles. The third kappa shape index (κ3) is 5.01. The van der Waals surface area contributed by atoms with E-state index in [0.717, 1.165) is 25.1 Å². The van der Waals surface area contributed by atoms with Gasteiger partial charge in [0.1, 0.15) is 5.82 Å². The van der Waals surface area contributed by atoms with Crippen LogP contribution in [0.3, 0.4) is 0 Å². The molecule has 3 heteroatoms. The molecule has 0 fully saturated rings. The molecule has 0 aromatic heterocycles. The van der Waals surface area contributed by atoms with Gasteiger partial charge in [-0.1, -0.05) is 48.0 Å². The summed E-state index contributed by atoms with van der Waals surface area (Å²) in [6.07, 6.45) is 0.721. The highest BCUT2D eigenvalue weighted by Crippen LogP contribution is 2.06. The first-order chi connectivity index (χ1) is 8.75. The van der Waals surface area contributed by atoms with Gasteiger partial charge in [0.25, 0.3) is 0 Å². The number of hydrogen-bond acceptors (Lipinski definition) is 1. The van der Waals surface area contributed by atoms with Gasteiger partial charge >= 0.3 is 0 Å². The standard InChI is InChI=1S/C16H18FN.ClH/c1-13-6-8-14(9-7-13)12-18-11-10-15-4-2-3-5-16(15)17;/h2-9,18H,10-12H2,1H3;1H/p-1. The van der Waals surface area contributed by atoms with Gasteiger partial charge in [-0.05, 0) is 37.1 Å². The molecule has 0 bridgehead atoms. The SMILES string of the molecule is Cc1ccc(CNCCc2ccccc2F)cc1.[Cl-]. The lowest BCUT2D eigenvalue weighted by molar-refractivity contribution is -0.00000433. The topological polar surface area (TPSA) is 12.0 Å². The van der Waals surface area contributed by atoms with Crippen LogP contribution in [-0.2, 0) is 13.0 Å². The molecule has 0 saturated heterocycles. The Labute approximate surface area is 120 Å². The Hall–Kier alpha value is -1.38. The molecule has 2 rings (SSSR count). The second kappa shape index (κ2) is 7.93. The molecule has 0 aliphatic carbocycles. The van der Waals surface area contributed by atoms with Crippen molar-refractivity contribution in [2.24, 2.45) is 0 Å². The lowest BCUT2D eigenvalue weighted by Gasteiger charge is -2.06. The van der Waals surface area contributed by atoms with E-state index in [4.69, 9.17) is 0 Å². The first-order valence-corrected chi connectivity index (χ1v) is 6.25.